The molecule has 1 aliphatic carbocycles. The van der Waals surface area contributed by atoms with Gasteiger partial charge in [-0.2, -0.15) is 4.98 Å². The number of rotatable bonds is 14. The van der Waals surface area contributed by atoms with Gasteiger partial charge >= 0.3 is 0 Å². The van der Waals surface area contributed by atoms with Crippen LogP contribution in [0.3, 0.4) is 0 Å². The molecule has 0 radical (unpaired) electrons. The van der Waals surface area contributed by atoms with Gasteiger partial charge in [0.1, 0.15) is 5.82 Å². The Balaban J connectivity index is 1.16. The number of hydrogen-bond acceptors (Lipinski definition) is 8. The molecule has 1 amide bonds. The number of carbonyl (C=O) groups is 1. The quantitative estimate of drug-likeness (QED) is 0.316. The van der Waals surface area contributed by atoms with E-state index in [2.05, 4.69) is 50.1 Å². The molecule has 0 spiro atoms. The zero-order valence-electron chi connectivity index (χ0n) is 23.9. The number of aryl methyl sites for hydroxylation is 1. The van der Waals surface area contributed by atoms with Gasteiger partial charge in [-0.15, -0.1) is 0 Å². The van der Waals surface area contributed by atoms with Crippen molar-refractivity contribution in [3.8, 4) is 0 Å². The van der Waals surface area contributed by atoms with Crippen LogP contribution in [-0.2, 0) is 22.6 Å². The maximum Gasteiger partial charge on any atom is 0.225 e. The summed E-state index contributed by atoms with van der Waals surface area (Å²) in [7, 11) is 1.63. The summed E-state index contributed by atoms with van der Waals surface area (Å²) in [6, 6.07) is 11.5. The highest BCUT2D eigenvalue weighted by atomic mass is 16.5. The molecular weight excluding hydrogens is 490 g/mol. The Bertz CT molecular complexity index is 1000. The van der Waals surface area contributed by atoms with E-state index in [-0.39, 0.29) is 5.91 Å². The summed E-state index contributed by atoms with van der Waals surface area (Å²) in [6.45, 7) is 9.11. The highest BCUT2D eigenvalue weighted by molar-refractivity contribution is 5.76. The van der Waals surface area contributed by atoms with Gasteiger partial charge in [0, 0.05) is 64.2 Å². The van der Waals surface area contributed by atoms with E-state index in [1.807, 2.05) is 17.9 Å². The van der Waals surface area contributed by atoms with E-state index >= 15 is 0 Å². The highest BCUT2D eigenvalue weighted by Crippen LogP contribution is 2.19. The third-order valence-electron chi connectivity index (χ3n) is 7.69. The predicted octanol–water partition coefficient (Wildman–Crippen LogP) is 3.48. The van der Waals surface area contributed by atoms with Crippen LogP contribution in [0.15, 0.2) is 30.3 Å². The maximum atomic E-state index is 12.3. The Labute approximate surface area is 234 Å². The number of carbonyl (C=O) groups excluding carboxylic acids is 1. The van der Waals surface area contributed by atoms with E-state index in [0.29, 0.717) is 38.6 Å². The van der Waals surface area contributed by atoms with Gasteiger partial charge in [0.25, 0.3) is 0 Å². The van der Waals surface area contributed by atoms with E-state index in [9.17, 15) is 4.79 Å². The molecular formula is C30H47N7O2. The first-order valence-corrected chi connectivity index (χ1v) is 14.7. The second-order valence-corrected chi connectivity index (χ2v) is 10.8. The summed E-state index contributed by atoms with van der Waals surface area (Å²) in [6.07, 6.45) is 8.49. The third kappa shape index (κ3) is 9.74. The van der Waals surface area contributed by atoms with Crippen LogP contribution in [0.5, 0.6) is 0 Å². The van der Waals surface area contributed by atoms with E-state index in [4.69, 9.17) is 9.72 Å². The zero-order chi connectivity index (χ0) is 27.3. The Morgan fingerprint density at radius 1 is 0.974 bits per heavy atom. The number of ether oxygens (including phenoxy) is 1. The van der Waals surface area contributed by atoms with Crippen molar-refractivity contribution in [2.45, 2.75) is 71.0 Å². The molecule has 39 heavy (non-hydrogen) atoms. The number of nitrogens with one attached hydrogen (secondary N) is 3. The lowest BCUT2D eigenvalue weighted by Crippen LogP contribution is -2.49. The number of piperazine rings is 1. The fourth-order valence-electron chi connectivity index (χ4n) is 5.34. The van der Waals surface area contributed by atoms with Crippen molar-refractivity contribution >= 4 is 17.7 Å². The minimum absolute atomic E-state index is 0.154. The van der Waals surface area contributed by atoms with E-state index in [1.54, 1.807) is 7.11 Å². The molecule has 0 atom stereocenters. The van der Waals surface area contributed by atoms with Crippen molar-refractivity contribution in [2.75, 3.05) is 63.2 Å². The molecule has 9 nitrogen and oxygen atoms in total. The lowest BCUT2D eigenvalue weighted by atomic mass is 9.95. The van der Waals surface area contributed by atoms with Gasteiger partial charge in [0.05, 0.1) is 13.0 Å². The van der Waals surface area contributed by atoms with Crippen LogP contribution in [0, 0.1) is 6.92 Å². The second kappa shape index (κ2) is 15.7. The van der Waals surface area contributed by atoms with Crippen LogP contribution in [0.1, 0.15) is 61.8 Å². The first-order chi connectivity index (χ1) is 19.1. The van der Waals surface area contributed by atoms with Crippen LogP contribution in [-0.4, -0.2) is 79.8 Å². The topological polar surface area (TPSA) is 94.7 Å². The van der Waals surface area contributed by atoms with E-state index in [0.717, 1.165) is 50.3 Å². The third-order valence-corrected chi connectivity index (χ3v) is 7.69. The number of amides is 1. The largest absolute Gasteiger partial charge is 0.384 e. The minimum Gasteiger partial charge on any atom is -0.384 e. The summed E-state index contributed by atoms with van der Waals surface area (Å²) in [5.41, 5.74) is 3.43. The second-order valence-electron chi connectivity index (χ2n) is 10.8. The van der Waals surface area contributed by atoms with E-state index in [1.165, 1.54) is 49.7 Å². The number of anilines is 2. The fourth-order valence-corrected chi connectivity index (χ4v) is 5.34. The van der Waals surface area contributed by atoms with Crippen LogP contribution in [0.2, 0.25) is 0 Å². The van der Waals surface area contributed by atoms with Gasteiger partial charge in [0.2, 0.25) is 11.9 Å². The minimum atomic E-state index is 0.154. The smallest absolute Gasteiger partial charge is 0.225 e. The molecule has 4 rings (SSSR count). The average molecular weight is 538 g/mol. The molecule has 2 aromatic rings. The first kappa shape index (κ1) is 29.2. The van der Waals surface area contributed by atoms with Gasteiger partial charge in [-0.25, -0.2) is 4.98 Å². The van der Waals surface area contributed by atoms with Crippen LogP contribution >= 0.6 is 0 Å². The zero-order valence-corrected chi connectivity index (χ0v) is 23.9. The van der Waals surface area contributed by atoms with E-state index < -0.39 is 0 Å². The maximum absolute atomic E-state index is 12.3. The summed E-state index contributed by atoms with van der Waals surface area (Å²) >= 11 is 0. The van der Waals surface area contributed by atoms with Gasteiger partial charge in [-0.05, 0) is 50.4 Å². The van der Waals surface area contributed by atoms with Crippen LogP contribution in [0.4, 0.5) is 11.8 Å². The van der Waals surface area contributed by atoms with Crippen LogP contribution in [0.25, 0.3) is 0 Å². The number of methoxy groups -OCH3 is 1. The average Bonchev–Trinajstić information content (AvgIpc) is 2.97. The van der Waals surface area contributed by atoms with Crippen molar-refractivity contribution in [3.63, 3.8) is 0 Å². The molecule has 2 fully saturated rings. The SMILES string of the molecule is COCCC(=O)N1CCN(c2cc(C)nc(NCc3ccc(CNCCCNC4CCCCC4)cc3)n2)CC1. The molecule has 3 N–H and O–H groups in total. The Hall–Kier alpha value is -2.75. The lowest BCUT2D eigenvalue weighted by molar-refractivity contribution is -0.132. The predicted molar refractivity (Wildman–Crippen MR) is 157 cm³/mol. The number of aromatic nitrogens is 2. The summed E-state index contributed by atoms with van der Waals surface area (Å²) in [5.74, 6) is 1.70. The van der Waals surface area contributed by atoms with Crippen molar-refractivity contribution in [3.05, 3.63) is 47.2 Å². The Kier molecular flexibility index (Phi) is 11.8. The van der Waals surface area contributed by atoms with Gasteiger partial charge in [-0.1, -0.05) is 43.5 Å². The molecule has 1 saturated carbocycles. The molecule has 9 heteroatoms. The Morgan fingerprint density at radius 2 is 1.69 bits per heavy atom. The summed E-state index contributed by atoms with van der Waals surface area (Å²) in [4.78, 5) is 25.8. The van der Waals surface area contributed by atoms with Gasteiger partial charge in [-0.3, -0.25) is 4.79 Å². The highest BCUT2D eigenvalue weighted by Gasteiger charge is 2.22. The monoisotopic (exact) mass is 537 g/mol. The summed E-state index contributed by atoms with van der Waals surface area (Å²) < 4.78 is 5.04. The van der Waals surface area contributed by atoms with Crippen molar-refractivity contribution < 1.29 is 9.53 Å². The molecule has 1 aromatic carbocycles. The van der Waals surface area contributed by atoms with Gasteiger partial charge < -0.3 is 30.5 Å². The lowest BCUT2D eigenvalue weighted by Gasteiger charge is -2.35. The molecule has 0 bridgehead atoms. The number of nitrogens with zero attached hydrogens (tertiary/aromatic N) is 4. The molecule has 0 unspecified atom stereocenters. The number of hydrogen-bond donors (Lipinski definition) is 3. The van der Waals surface area contributed by atoms with Crippen molar-refractivity contribution in [1.82, 2.24) is 25.5 Å². The fraction of sp³-hybridized carbons (Fsp3) is 0.633. The molecule has 1 aromatic heterocycles. The molecule has 2 aliphatic rings. The van der Waals surface area contributed by atoms with Gasteiger partial charge in [0.15, 0.2) is 0 Å². The molecule has 2 heterocycles. The standard InChI is InChI=1S/C30H47N7O2/c1-24-21-28(36-16-18-37(19-17-36)29(38)13-20-39-2)35-30(34-24)33-23-26-11-9-25(10-12-26)22-31-14-6-15-32-27-7-4-3-5-8-27/h9-12,21,27,31-32H,3-8,13-20,22-23H2,1-2H3,(H,33,34,35). The van der Waals surface area contributed by atoms with Crippen molar-refractivity contribution in [2.24, 2.45) is 0 Å². The van der Waals surface area contributed by atoms with Crippen molar-refractivity contribution in [1.29, 1.82) is 0 Å². The molecule has 214 valence electrons. The normalized spacial score (nSPS) is 16.5. The molecule has 1 aliphatic heterocycles. The number of benzene rings is 1. The molecule has 1 saturated heterocycles. The Morgan fingerprint density at radius 3 is 2.41 bits per heavy atom. The summed E-state index contributed by atoms with van der Waals surface area (Å²) in [5, 5.41) is 10.7. The van der Waals surface area contributed by atoms with Crippen LogP contribution < -0.4 is 20.9 Å². The first-order valence-electron chi connectivity index (χ1n) is 14.7.